The number of carbonyl (C=O) groups excluding carboxylic acids is 2. The molecule has 124 valence electrons. The van der Waals surface area contributed by atoms with Crippen molar-refractivity contribution in [3.63, 3.8) is 0 Å². The first-order chi connectivity index (χ1) is 11.6. The van der Waals surface area contributed by atoms with E-state index in [-0.39, 0.29) is 24.9 Å². The Hall–Kier alpha value is -2.86. The number of benzene rings is 2. The Labute approximate surface area is 139 Å². The van der Waals surface area contributed by atoms with Gasteiger partial charge in [0.15, 0.2) is 0 Å². The van der Waals surface area contributed by atoms with Gasteiger partial charge in [0.2, 0.25) is 0 Å². The number of hydrogen-bond donors (Lipinski definition) is 2. The maximum atomic E-state index is 12.3. The highest BCUT2D eigenvalue weighted by Crippen LogP contribution is 2.22. The lowest BCUT2D eigenvalue weighted by Gasteiger charge is -2.19. The van der Waals surface area contributed by atoms with E-state index < -0.39 is 6.10 Å². The minimum Gasteiger partial charge on any atom is -0.497 e. The van der Waals surface area contributed by atoms with Crippen molar-refractivity contribution in [2.24, 2.45) is 0 Å². The first-order valence-electron chi connectivity index (χ1n) is 7.61. The average Bonchev–Trinajstić information content (AvgIpc) is 2.85. The van der Waals surface area contributed by atoms with Crippen molar-refractivity contribution in [3.05, 3.63) is 59.7 Å². The number of nitrogens with zero attached hydrogens (tertiary/aromatic N) is 1. The summed E-state index contributed by atoms with van der Waals surface area (Å²) in [6, 6.07) is 14.0. The standard InChI is InChI=1S/C18H18N2O4/c1-24-14-6-4-5-12(9-14)19-10-13(21)11-20-17(22)15-7-2-3-8-16(15)18(20)23/h2-9,13,19,21H,10-11H2,1H3/t13-/m1/s1. The smallest absolute Gasteiger partial charge is 0.261 e. The highest BCUT2D eigenvalue weighted by Gasteiger charge is 2.35. The lowest BCUT2D eigenvalue weighted by molar-refractivity contribution is 0.0558. The number of nitrogens with one attached hydrogen (secondary N) is 1. The fourth-order valence-electron chi connectivity index (χ4n) is 2.65. The number of hydrogen-bond acceptors (Lipinski definition) is 5. The number of aliphatic hydroxyl groups is 1. The topological polar surface area (TPSA) is 78.9 Å². The molecule has 0 aliphatic carbocycles. The molecule has 0 spiro atoms. The number of fused-ring (bicyclic) bond motifs is 1. The van der Waals surface area contributed by atoms with E-state index in [1.165, 1.54) is 0 Å². The van der Waals surface area contributed by atoms with Crippen LogP contribution in [0, 0.1) is 0 Å². The van der Waals surface area contributed by atoms with Crippen LogP contribution in [-0.4, -0.2) is 48.1 Å². The second-order valence-electron chi connectivity index (χ2n) is 5.53. The molecule has 6 nitrogen and oxygen atoms in total. The van der Waals surface area contributed by atoms with Crippen LogP contribution in [0.15, 0.2) is 48.5 Å². The molecule has 0 fully saturated rings. The second kappa shape index (κ2) is 6.72. The molecule has 1 atom stereocenters. The number of ether oxygens (including phenoxy) is 1. The molecule has 1 heterocycles. The summed E-state index contributed by atoms with van der Waals surface area (Å²) in [4.78, 5) is 25.6. The predicted octanol–water partition coefficient (Wildman–Crippen LogP) is 1.76. The first-order valence-corrected chi connectivity index (χ1v) is 7.61. The van der Waals surface area contributed by atoms with Gasteiger partial charge < -0.3 is 15.2 Å². The molecule has 2 amide bonds. The Morgan fingerprint density at radius 2 is 1.75 bits per heavy atom. The van der Waals surface area contributed by atoms with Crippen molar-refractivity contribution in [1.82, 2.24) is 4.90 Å². The van der Waals surface area contributed by atoms with E-state index >= 15 is 0 Å². The number of imide groups is 1. The van der Waals surface area contributed by atoms with Gasteiger partial charge in [0.25, 0.3) is 11.8 Å². The molecule has 2 aromatic rings. The summed E-state index contributed by atoms with van der Waals surface area (Å²) in [5, 5.41) is 13.2. The van der Waals surface area contributed by atoms with Gasteiger partial charge in [-0.1, -0.05) is 18.2 Å². The zero-order chi connectivity index (χ0) is 17.1. The van der Waals surface area contributed by atoms with Gasteiger partial charge in [-0.25, -0.2) is 0 Å². The molecule has 3 rings (SSSR count). The largest absolute Gasteiger partial charge is 0.497 e. The molecule has 24 heavy (non-hydrogen) atoms. The minimum atomic E-state index is -0.876. The van der Waals surface area contributed by atoms with Crippen LogP contribution in [0.1, 0.15) is 20.7 Å². The predicted molar refractivity (Wildman–Crippen MR) is 89.3 cm³/mol. The highest BCUT2D eigenvalue weighted by atomic mass is 16.5. The Morgan fingerprint density at radius 3 is 2.38 bits per heavy atom. The van der Waals surface area contributed by atoms with E-state index in [4.69, 9.17) is 4.74 Å². The van der Waals surface area contributed by atoms with Gasteiger partial charge in [0.1, 0.15) is 5.75 Å². The quantitative estimate of drug-likeness (QED) is 0.791. The molecular weight excluding hydrogens is 308 g/mol. The van der Waals surface area contributed by atoms with Crippen LogP contribution < -0.4 is 10.1 Å². The average molecular weight is 326 g/mol. The van der Waals surface area contributed by atoms with Crippen LogP contribution in [-0.2, 0) is 0 Å². The maximum Gasteiger partial charge on any atom is 0.261 e. The normalized spacial score (nSPS) is 14.5. The van der Waals surface area contributed by atoms with Gasteiger partial charge in [-0.2, -0.15) is 0 Å². The van der Waals surface area contributed by atoms with Crippen LogP contribution in [0.2, 0.25) is 0 Å². The summed E-state index contributed by atoms with van der Waals surface area (Å²) < 4.78 is 5.13. The summed E-state index contributed by atoms with van der Waals surface area (Å²) in [7, 11) is 1.58. The van der Waals surface area contributed by atoms with Crippen molar-refractivity contribution in [2.75, 3.05) is 25.5 Å². The van der Waals surface area contributed by atoms with Gasteiger partial charge in [0.05, 0.1) is 30.9 Å². The molecule has 0 saturated carbocycles. The Bertz CT molecular complexity index is 740. The summed E-state index contributed by atoms with van der Waals surface area (Å²) in [6.45, 7) is 0.157. The van der Waals surface area contributed by atoms with Crippen LogP contribution in [0.5, 0.6) is 5.75 Å². The van der Waals surface area contributed by atoms with E-state index in [2.05, 4.69) is 5.32 Å². The summed E-state index contributed by atoms with van der Waals surface area (Å²) in [5.74, 6) is -0.0260. The Morgan fingerprint density at radius 1 is 1.08 bits per heavy atom. The van der Waals surface area contributed by atoms with Crippen LogP contribution in [0.4, 0.5) is 5.69 Å². The molecular formula is C18H18N2O4. The zero-order valence-electron chi connectivity index (χ0n) is 13.2. The molecule has 0 bridgehead atoms. The number of β-amino-alcohol motifs (C(OH)–C–C–N with tert-alkyl or cyclic N) is 1. The van der Waals surface area contributed by atoms with Crippen molar-refractivity contribution in [1.29, 1.82) is 0 Å². The number of aliphatic hydroxyl groups excluding tert-OH is 1. The van der Waals surface area contributed by atoms with E-state index in [0.29, 0.717) is 16.9 Å². The van der Waals surface area contributed by atoms with Gasteiger partial charge in [0, 0.05) is 18.3 Å². The number of rotatable bonds is 6. The summed E-state index contributed by atoms with van der Waals surface area (Å²) >= 11 is 0. The Balaban J connectivity index is 1.60. The molecule has 1 aliphatic rings. The van der Waals surface area contributed by atoms with Crippen LogP contribution in [0.3, 0.4) is 0 Å². The zero-order valence-corrected chi connectivity index (χ0v) is 13.2. The highest BCUT2D eigenvalue weighted by molar-refractivity contribution is 6.21. The molecule has 0 aromatic heterocycles. The molecule has 2 aromatic carbocycles. The summed E-state index contributed by atoms with van der Waals surface area (Å²) in [5.41, 5.74) is 1.56. The number of anilines is 1. The third-order valence-corrected chi connectivity index (χ3v) is 3.88. The van der Waals surface area contributed by atoms with E-state index in [0.717, 1.165) is 10.6 Å². The lowest BCUT2D eigenvalue weighted by atomic mass is 10.1. The number of amides is 2. The van der Waals surface area contributed by atoms with Gasteiger partial charge >= 0.3 is 0 Å². The third-order valence-electron chi connectivity index (χ3n) is 3.88. The van der Waals surface area contributed by atoms with Crippen molar-refractivity contribution in [2.45, 2.75) is 6.10 Å². The molecule has 1 aliphatic heterocycles. The molecule has 0 saturated heterocycles. The lowest BCUT2D eigenvalue weighted by Crippen LogP contribution is -2.39. The van der Waals surface area contributed by atoms with Crippen molar-refractivity contribution >= 4 is 17.5 Å². The molecule has 2 N–H and O–H groups in total. The fraction of sp³-hybridized carbons (Fsp3) is 0.222. The first kappa shape index (κ1) is 16.0. The number of methoxy groups -OCH3 is 1. The van der Waals surface area contributed by atoms with E-state index in [1.54, 1.807) is 37.4 Å². The summed E-state index contributed by atoms with van der Waals surface area (Å²) in [6.07, 6.45) is -0.876. The SMILES string of the molecule is COc1cccc(NC[C@@H](O)CN2C(=O)c3ccccc3C2=O)c1. The molecule has 0 unspecified atom stereocenters. The van der Waals surface area contributed by atoms with Crippen LogP contribution >= 0.6 is 0 Å². The third kappa shape index (κ3) is 3.09. The maximum absolute atomic E-state index is 12.3. The fourth-order valence-corrected chi connectivity index (χ4v) is 2.65. The molecule has 6 heteroatoms. The van der Waals surface area contributed by atoms with Crippen molar-refractivity contribution < 1.29 is 19.4 Å². The van der Waals surface area contributed by atoms with Crippen molar-refractivity contribution in [3.8, 4) is 5.75 Å². The van der Waals surface area contributed by atoms with Gasteiger partial charge in [-0.15, -0.1) is 0 Å². The van der Waals surface area contributed by atoms with Gasteiger partial charge in [-0.05, 0) is 24.3 Å². The molecule has 0 radical (unpaired) electrons. The second-order valence-corrected chi connectivity index (χ2v) is 5.53. The Kier molecular flexibility index (Phi) is 4.48. The minimum absolute atomic E-state index is 0.0523. The van der Waals surface area contributed by atoms with E-state index in [9.17, 15) is 14.7 Å². The monoisotopic (exact) mass is 326 g/mol. The van der Waals surface area contributed by atoms with Gasteiger partial charge in [-0.3, -0.25) is 14.5 Å². The number of carbonyl (C=O) groups is 2. The van der Waals surface area contributed by atoms with E-state index in [1.807, 2.05) is 18.2 Å². The van der Waals surface area contributed by atoms with Crippen LogP contribution in [0.25, 0.3) is 0 Å².